The molecular weight excluding hydrogens is 354 g/mol. The van der Waals surface area contributed by atoms with Crippen LogP contribution in [-0.4, -0.2) is 22.7 Å². The van der Waals surface area contributed by atoms with Gasteiger partial charge in [-0.25, -0.2) is 0 Å². The number of hydrogen-bond donors (Lipinski definition) is 1. The lowest BCUT2D eigenvalue weighted by Gasteiger charge is -2.06. The molecule has 3 aromatic rings. The van der Waals surface area contributed by atoms with Crippen LogP contribution in [0.25, 0.3) is 11.4 Å². The van der Waals surface area contributed by atoms with Gasteiger partial charge in [-0.15, -0.1) is 0 Å². The monoisotopic (exact) mass is 371 g/mol. The third-order valence-corrected chi connectivity index (χ3v) is 3.80. The Hall–Kier alpha value is -2.86. The number of carbonyl (C=O) groups is 1. The number of rotatable bonds is 7. The van der Waals surface area contributed by atoms with Gasteiger partial charge in [0.2, 0.25) is 17.6 Å². The number of aromatic nitrogens is 2. The zero-order valence-electron chi connectivity index (χ0n) is 14.2. The first kappa shape index (κ1) is 17.9. The van der Waals surface area contributed by atoms with Crippen molar-refractivity contribution < 1.29 is 14.1 Å². The minimum atomic E-state index is -0.128. The van der Waals surface area contributed by atoms with Crippen molar-refractivity contribution in [3.8, 4) is 17.1 Å². The van der Waals surface area contributed by atoms with Gasteiger partial charge < -0.3 is 14.6 Å². The molecule has 0 atom stereocenters. The van der Waals surface area contributed by atoms with Crippen LogP contribution in [0.3, 0.4) is 0 Å². The van der Waals surface area contributed by atoms with Crippen molar-refractivity contribution in [3.05, 3.63) is 59.4 Å². The number of benzene rings is 2. The van der Waals surface area contributed by atoms with E-state index in [-0.39, 0.29) is 12.3 Å². The predicted molar refractivity (Wildman–Crippen MR) is 99.3 cm³/mol. The molecule has 7 heteroatoms. The summed E-state index contributed by atoms with van der Waals surface area (Å²) in [6, 6.07) is 14.4. The van der Waals surface area contributed by atoms with Gasteiger partial charge in [-0.05, 0) is 43.3 Å². The van der Waals surface area contributed by atoms with Gasteiger partial charge in [-0.1, -0.05) is 28.9 Å². The molecule has 0 unspecified atom stereocenters. The fourth-order valence-corrected chi connectivity index (χ4v) is 2.54. The Kier molecular flexibility index (Phi) is 5.86. The van der Waals surface area contributed by atoms with Crippen molar-refractivity contribution >= 4 is 23.2 Å². The van der Waals surface area contributed by atoms with Crippen molar-refractivity contribution in [1.29, 1.82) is 0 Å². The molecule has 0 fully saturated rings. The van der Waals surface area contributed by atoms with Crippen molar-refractivity contribution in [2.24, 2.45) is 0 Å². The van der Waals surface area contributed by atoms with E-state index in [9.17, 15) is 4.79 Å². The molecule has 0 aliphatic heterocycles. The van der Waals surface area contributed by atoms with Crippen LogP contribution in [0.1, 0.15) is 19.2 Å². The summed E-state index contributed by atoms with van der Waals surface area (Å²) >= 11 is 5.96. The summed E-state index contributed by atoms with van der Waals surface area (Å²) in [6.45, 7) is 2.53. The lowest BCUT2D eigenvalue weighted by Crippen LogP contribution is -2.12. The molecule has 0 aliphatic rings. The molecular formula is C19H18ClN3O3. The molecule has 26 heavy (non-hydrogen) atoms. The molecule has 1 aromatic heterocycles. The van der Waals surface area contributed by atoms with Gasteiger partial charge in [0.15, 0.2) is 0 Å². The number of carbonyl (C=O) groups excluding carboxylic acids is 1. The molecule has 1 N–H and O–H groups in total. The highest BCUT2D eigenvalue weighted by molar-refractivity contribution is 6.30. The fraction of sp³-hybridized carbons (Fsp3) is 0.211. The second-order valence-corrected chi connectivity index (χ2v) is 5.96. The van der Waals surface area contributed by atoms with E-state index in [1.54, 1.807) is 24.3 Å². The number of ether oxygens (including phenoxy) is 1. The van der Waals surface area contributed by atoms with Gasteiger partial charge in [-0.3, -0.25) is 4.79 Å². The van der Waals surface area contributed by atoms with Crippen molar-refractivity contribution in [2.75, 3.05) is 11.9 Å². The van der Waals surface area contributed by atoms with Gasteiger partial charge in [0.1, 0.15) is 5.75 Å². The van der Waals surface area contributed by atoms with Crippen molar-refractivity contribution in [2.45, 2.75) is 19.8 Å². The van der Waals surface area contributed by atoms with Crippen LogP contribution in [0.15, 0.2) is 53.1 Å². The fourth-order valence-electron chi connectivity index (χ4n) is 2.35. The summed E-state index contributed by atoms with van der Waals surface area (Å²) in [5, 5.41) is 7.35. The van der Waals surface area contributed by atoms with E-state index in [0.717, 1.165) is 11.3 Å². The molecule has 6 nitrogen and oxygen atoms in total. The van der Waals surface area contributed by atoms with Crippen LogP contribution in [0.2, 0.25) is 5.02 Å². The van der Waals surface area contributed by atoms with Crippen molar-refractivity contribution in [3.63, 3.8) is 0 Å². The Morgan fingerprint density at radius 1 is 1.23 bits per heavy atom. The second kappa shape index (κ2) is 8.49. The molecule has 1 amide bonds. The first-order valence-electron chi connectivity index (χ1n) is 8.25. The molecule has 1 heterocycles. The van der Waals surface area contributed by atoms with E-state index in [0.29, 0.717) is 35.5 Å². The van der Waals surface area contributed by atoms with Crippen molar-refractivity contribution in [1.82, 2.24) is 10.1 Å². The summed E-state index contributed by atoms with van der Waals surface area (Å²) in [4.78, 5) is 16.4. The highest BCUT2D eigenvalue weighted by Crippen LogP contribution is 2.20. The number of aryl methyl sites for hydroxylation is 1. The number of amides is 1. The van der Waals surface area contributed by atoms with Gasteiger partial charge in [-0.2, -0.15) is 4.98 Å². The smallest absolute Gasteiger partial charge is 0.227 e. The van der Waals surface area contributed by atoms with Gasteiger partial charge in [0.25, 0.3) is 0 Å². The number of halogens is 1. The molecule has 2 aromatic carbocycles. The van der Waals surface area contributed by atoms with E-state index in [1.165, 1.54) is 0 Å². The zero-order chi connectivity index (χ0) is 18.4. The molecule has 134 valence electrons. The molecule has 0 aliphatic carbocycles. The van der Waals surface area contributed by atoms with Crippen LogP contribution in [-0.2, 0) is 11.2 Å². The maximum atomic E-state index is 12.1. The summed E-state index contributed by atoms with van der Waals surface area (Å²) in [7, 11) is 0. The average molecular weight is 372 g/mol. The molecule has 0 bridgehead atoms. The molecule has 0 radical (unpaired) electrons. The Labute approximate surface area is 156 Å². The normalized spacial score (nSPS) is 10.5. The average Bonchev–Trinajstić information content (AvgIpc) is 3.11. The largest absolute Gasteiger partial charge is 0.494 e. The minimum Gasteiger partial charge on any atom is -0.494 e. The van der Waals surface area contributed by atoms with Crippen LogP contribution in [0.5, 0.6) is 5.75 Å². The standard InChI is InChI=1S/C19H18ClN3O3/c1-2-25-16-8-6-15(7-9-16)21-17(24)10-11-18-22-19(23-26-18)13-4-3-5-14(20)12-13/h3-9,12H,2,10-11H2,1H3,(H,21,24). The predicted octanol–water partition coefficient (Wildman–Crippen LogP) is 4.36. The van der Waals surface area contributed by atoms with E-state index in [4.69, 9.17) is 20.9 Å². The maximum Gasteiger partial charge on any atom is 0.227 e. The summed E-state index contributed by atoms with van der Waals surface area (Å²) in [5.74, 6) is 1.50. The minimum absolute atomic E-state index is 0.128. The lowest BCUT2D eigenvalue weighted by molar-refractivity contribution is -0.116. The molecule has 0 spiro atoms. The number of nitrogens with zero attached hydrogens (tertiary/aromatic N) is 2. The SMILES string of the molecule is CCOc1ccc(NC(=O)CCc2nc(-c3cccc(Cl)c3)no2)cc1. The van der Waals surface area contributed by atoms with E-state index in [1.807, 2.05) is 31.2 Å². The topological polar surface area (TPSA) is 77.2 Å². The van der Waals surface area contributed by atoms with Crippen LogP contribution < -0.4 is 10.1 Å². The van der Waals surface area contributed by atoms with Crippen LogP contribution >= 0.6 is 11.6 Å². The Balaban J connectivity index is 1.53. The summed E-state index contributed by atoms with van der Waals surface area (Å²) in [6.07, 6.45) is 0.598. The maximum absolute atomic E-state index is 12.1. The van der Waals surface area contributed by atoms with E-state index >= 15 is 0 Å². The summed E-state index contributed by atoms with van der Waals surface area (Å²) < 4.78 is 10.6. The van der Waals surface area contributed by atoms with E-state index < -0.39 is 0 Å². The highest BCUT2D eigenvalue weighted by Gasteiger charge is 2.11. The lowest BCUT2D eigenvalue weighted by atomic mass is 10.2. The van der Waals surface area contributed by atoms with Gasteiger partial charge in [0, 0.05) is 29.1 Å². The molecule has 0 saturated heterocycles. The third kappa shape index (κ3) is 4.83. The van der Waals surface area contributed by atoms with Gasteiger partial charge in [0.05, 0.1) is 6.61 Å². The highest BCUT2D eigenvalue weighted by atomic mass is 35.5. The summed E-state index contributed by atoms with van der Waals surface area (Å²) in [5.41, 5.74) is 1.48. The first-order valence-corrected chi connectivity index (χ1v) is 8.63. The Morgan fingerprint density at radius 2 is 2.04 bits per heavy atom. The Bertz CT molecular complexity index is 878. The number of anilines is 1. The molecule has 3 rings (SSSR count). The van der Waals surface area contributed by atoms with Crippen LogP contribution in [0.4, 0.5) is 5.69 Å². The molecule has 0 saturated carbocycles. The Morgan fingerprint density at radius 3 is 2.77 bits per heavy atom. The first-order chi connectivity index (χ1) is 12.6. The van der Waals surface area contributed by atoms with E-state index in [2.05, 4.69) is 15.5 Å². The number of hydrogen-bond acceptors (Lipinski definition) is 5. The van der Waals surface area contributed by atoms with Gasteiger partial charge >= 0.3 is 0 Å². The zero-order valence-corrected chi connectivity index (χ0v) is 15.0. The second-order valence-electron chi connectivity index (χ2n) is 5.53. The third-order valence-electron chi connectivity index (χ3n) is 3.57. The number of nitrogens with one attached hydrogen (secondary N) is 1. The quantitative estimate of drug-likeness (QED) is 0.667. The van der Waals surface area contributed by atoms with Crippen LogP contribution in [0, 0.1) is 0 Å².